The van der Waals surface area contributed by atoms with Crippen LogP contribution in [0.15, 0.2) is 66.2 Å². The molecule has 3 saturated carbocycles. The van der Waals surface area contributed by atoms with E-state index in [1.54, 1.807) is 30.3 Å². The molecule has 6 aliphatic rings. The average molecular weight is 831 g/mol. The van der Waals surface area contributed by atoms with Crippen LogP contribution >= 0.6 is 0 Å². The van der Waals surface area contributed by atoms with Crippen LogP contribution in [0.5, 0.6) is 23.0 Å². The number of phenols is 2. The highest BCUT2D eigenvalue weighted by atomic mass is 16.6. The summed E-state index contributed by atoms with van der Waals surface area (Å²) in [5.41, 5.74) is 2.11. The molecule has 3 aromatic rings. The molecule has 1 spiro atoms. The Bertz CT molecular complexity index is 2250. The number of benzene rings is 3. The van der Waals surface area contributed by atoms with Crippen molar-refractivity contribution in [1.82, 2.24) is 10.6 Å². The summed E-state index contributed by atoms with van der Waals surface area (Å²) in [5.74, 6) is 1.86. The Morgan fingerprint density at radius 2 is 1.48 bits per heavy atom. The number of allylic oxidation sites excluding steroid dienone is 1. The molecule has 2 heterocycles. The molecule has 11 nitrogen and oxygen atoms in total. The van der Waals surface area contributed by atoms with Gasteiger partial charge >= 0.3 is 5.97 Å². The monoisotopic (exact) mass is 830 g/mol. The molecule has 0 unspecified atom stereocenters. The number of amides is 2. The normalized spacial score (nSPS) is 28.8. The van der Waals surface area contributed by atoms with Crippen molar-refractivity contribution < 1.29 is 44.0 Å². The number of hydrogen-bond acceptors (Lipinski definition) is 9. The molecule has 61 heavy (non-hydrogen) atoms. The van der Waals surface area contributed by atoms with Crippen LogP contribution in [0, 0.1) is 34.5 Å². The minimum atomic E-state index is -1.39. The summed E-state index contributed by atoms with van der Waals surface area (Å²) in [4.78, 5) is 52.4. The van der Waals surface area contributed by atoms with E-state index in [0.717, 1.165) is 77.0 Å². The molecular formula is C50H58N2O9. The number of nitrogens with one attached hydrogen (secondary N) is 2. The van der Waals surface area contributed by atoms with Gasteiger partial charge in [-0.3, -0.25) is 14.4 Å². The number of aliphatic hydroxyl groups excluding tert-OH is 1. The molecule has 0 bridgehead atoms. The van der Waals surface area contributed by atoms with E-state index < -0.39 is 11.6 Å². The molecule has 0 radical (unpaired) electrons. The van der Waals surface area contributed by atoms with Crippen molar-refractivity contribution in [2.75, 3.05) is 13.1 Å². The van der Waals surface area contributed by atoms with Gasteiger partial charge in [-0.1, -0.05) is 38.3 Å². The van der Waals surface area contributed by atoms with Gasteiger partial charge in [0.25, 0.3) is 5.91 Å². The number of esters is 1. The number of ketones is 1. The molecule has 9 rings (SSSR count). The zero-order chi connectivity index (χ0) is 42.7. The van der Waals surface area contributed by atoms with Crippen molar-refractivity contribution >= 4 is 23.6 Å². The fourth-order valence-electron chi connectivity index (χ4n) is 12.7. The Morgan fingerprint density at radius 3 is 2.20 bits per heavy atom. The number of phenolic OH excluding ortho intramolecular Hbond substituents is 2. The summed E-state index contributed by atoms with van der Waals surface area (Å²) >= 11 is 0. The van der Waals surface area contributed by atoms with Crippen LogP contribution in [0.3, 0.4) is 0 Å². The number of carbonyl (C=O) groups excluding carboxylic acids is 4. The first-order chi connectivity index (χ1) is 29.3. The quantitative estimate of drug-likeness (QED) is 0.0889. The van der Waals surface area contributed by atoms with Crippen LogP contribution in [-0.2, 0) is 19.9 Å². The van der Waals surface area contributed by atoms with Gasteiger partial charge in [-0.15, -0.1) is 0 Å². The Kier molecular flexibility index (Phi) is 10.8. The van der Waals surface area contributed by atoms with Gasteiger partial charge in [0, 0.05) is 60.3 Å². The van der Waals surface area contributed by atoms with Gasteiger partial charge in [0.05, 0.1) is 11.7 Å². The van der Waals surface area contributed by atoms with Gasteiger partial charge in [-0.05, 0) is 141 Å². The summed E-state index contributed by atoms with van der Waals surface area (Å²) in [6.07, 6.45) is 14.1. The van der Waals surface area contributed by atoms with Crippen LogP contribution in [0.2, 0.25) is 0 Å². The van der Waals surface area contributed by atoms with Gasteiger partial charge in [0.2, 0.25) is 5.91 Å². The second-order valence-corrected chi connectivity index (χ2v) is 19.1. The van der Waals surface area contributed by atoms with Crippen LogP contribution in [0.4, 0.5) is 0 Å². The number of aromatic hydroxyl groups is 2. The second-order valence-electron chi connectivity index (χ2n) is 19.1. The van der Waals surface area contributed by atoms with Gasteiger partial charge in [-0.25, -0.2) is 4.79 Å². The Balaban J connectivity index is 0.716. The van der Waals surface area contributed by atoms with E-state index in [2.05, 4.69) is 24.5 Å². The molecule has 4 aliphatic carbocycles. The fraction of sp³-hybridized carbons (Fsp3) is 0.520. The summed E-state index contributed by atoms with van der Waals surface area (Å²) in [6, 6.07) is 14.1. The summed E-state index contributed by atoms with van der Waals surface area (Å²) in [5, 5.41) is 37.3. The van der Waals surface area contributed by atoms with Crippen molar-refractivity contribution in [1.29, 1.82) is 0 Å². The lowest BCUT2D eigenvalue weighted by atomic mass is 9.45. The zero-order valence-electron chi connectivity index (χ0n) is 35.3. The van der Waals surface area contributed by atoms with Gasteiger partial charge in [0.1, 0.15) is 23.0 Å². The van der Waals surface area contributed by atoms with E-state index in [1.807, 2.05) is 6.08 Å². The predicted molar refractivity (Wildman–Crippen MR) is 227 cm³/mol. The number of rotatable bonds is 12. The molecule has 2 amide bonds. The highest BCUT2D eigenvalue weighted by Crippen LogP contribution is 2.67. The lowest BCUT2D eigenvalue weighted by Gasteiger charge is -2.60. The average Bonchev–Trinajstić information content (AvgIpc) is 3.70. The third-order valence-electron chi connectivity index (χ3n) is 15.9. The predicted octanol–water partition coefficient (Wildman–Crippen LogP) is 8.36. The zero-order valence-corrected chi connectivity index (χ0v) is 35.3. The first-order valence-electron chi connectivity index (χ1n) is 22.5. The van der Waals surface area contributed by atoms with Crippen molar-refractivity contribution in [3.05, 3.63) is 94.1 Å². The summed E-state index contributed by atoms with van der Waals surface area (Å²) in [7, 11) is 0. The van der Waals surface area contributed by atoms with Crippen LogP contribution in [-0.4, -0.2) is 58.1 Å². The van der Waals surface area contributed by atoms with Gasteiger partial charge in [0.15, 0.2) is 11.4 Å². The lowest BCUT2D eigenvalue weighted by molar-refractivity contribution is -0.122. The highest BCUT2D eigenvalue weighted by Gasteiger charge is 2.60. The fourth-order valence-corrected chi connectivity index (χ4v) is 12.7. The number of carbonyl (C=O) groups is 4. The molecule has 2 aliphatic heterocycles. The maximum Gasteiger partial charge on any atom is 0.340 e. The van der Waals surface area contributed by atoms with Crippen molar-refractivity contribution in [3.63, 3.8) is 0 Å². The number of fused-ring (bicyclic) bond motifs is 11. The standard InChI is InChI=1S/C50H58N2O9/c1-48-21-20-38-35(37(48)18-19-44(48)56)14-11-31-26-34(55)25-30(49(31,38)2)8-7-9-45(57)51-22-5-3-4-6-23-52-46(58)29-10-15-39-36(24-29)47(59)61-50(39)40-16-12-32(53)27-42(40)60-43-28-33(54)13-17-41(43)50/h10,12-13,15-17,24,26-28,30,35,37-38,44,53-54,56H,3-9,11,14,18-23,25H2,1-2H3,(H,51,57)(H,52,58)/t30-,35-,37-,38-,44-,48-,49-/m0/s1. The van der Waals surface area contributed by atoms with E-state index in [9.17, 15) is 34.5 Å². The SMILES string of the molecule is C[C@]12CC[C@H]3[C@@H](CCC4=CC(=O)C[C@H](CCCC(=O)NCCCCCCNC(=O)c5ccc6c(c5)C(=O)OC65c6ccc(O)cc6Oc6cc(O)ccc65)[C@@]43C)[C@@H]1CC[C@@H]2O. The van der Waals surface area contributed by atoms with Crippen molar-refractivity contribution in [2.24, 2.45) is 34.5 Å². The number of hydrogen-bond donors (Lipinski definition) is 5. The van der Waals surface area contributed by atoms with Gasteiger partial charge in [-0.2, -0.15) is 0 Å². The molecule has 3 aromatic carbocycles. The third-order valence-corrected chi connectivity index (χ3v) is 15.9. The van der Waals surface area contributed by atoms with E-state index in [1.165, 1.54) is 29.8 Å². The van der Waals surface area contributed by atoms with E-state index >= 15 is 0 Å². The second kappa shape index (κ2) is 15.9. The Morgan fingerprint density at radius 1 is 0.787 bits per heavy atom. The smallest absolute Gasteiger partial charge is 0.340 e. The Labute approximate surface area is 357 Å². The topological polar surface area (TPSA) is 171 Å². The van der Waals surface area contributed by atoms with Crippen LogP contribution in [0.1, 0.15) is 141 Å². The molecule has 3 fully saturated rings. The molecule has 0 aromatic heterocycles. The van der Waals surface area contributed by atoms with Crippen LogP contribution in [0.25, 0.3) is 0 Å². The maximum absolute atomic E-state index is 13.4. The van der Waals surface area contributed by atoms with Crippen molar-refractivity contribution in [2.45, 2.75) is 115 Å². The van der Waals surface area contributed by atoms with E-state index in [4.69, 9.17) is 9.47 Å². The van der Waals surface area contributed by atoms with Crippen molar-refractivity contribution in [3.8, 4) is 23.0 Å². The number of unbranched alkanes of at least 4 members (excludes halogenated alkanes) is 3. The first kappa shape index (κ1) is 41.2. The Hall–Kier alpha value is -5.16. The molecule has 5 N–H and O–H groups in total. The van der Waals surface area contributed by atoms with Gasteiger partial charge < -0.3 is 35.4 Å². The molecule has 0 saturated heterocycles. The van der Waals surface area contributed by atoms with Crippen LogP contribution < -0.4 is 15.4 Å². The summed E-state index contributed by atoms with van der Waals surface area (Å²) < 4.78 is 12.1. The minimum Gasteiger partial charge on any atom is -0.508 e. The molecular weight excluding hydrogens is 773 g/mol. The molecule has 11 heteroatoms. The maximum atomic E-state index is 13.4. The number of ether oxygens (including phenoxy) is 2. The largest absolute Gasteiger partial charge is 0.508 e. The van der Waals surface area contributed by atoms with E-state index in [0.29, 0.717) is 65.9 Å². The highest BCUT2D eigenvalue weighted by molar-refractivity contribution is 6.01. The number of aliphatic hydroxyl groups is 1. The summed E-state index contributed by atoms with van der Waals surface area (Å²) in [6.45, 7) is 5.79. The lowest BCUT2D eigenvalue weighted by Crippen LogP contribution is -2.54. The molecule has 7 atom stereocenters. The first-order valence-corrected chi connectivity index (χ1v) is 22.5. The van der Waals surface area contributed by atoms with E-state index in [-0.39, 0.29) is 69.0 Å². The minimum absolute atomic E-state index is 0.00810. The third kappa shape index (κ3) is 7.01. The molecule has 322 valence electrons.